The lowest BCUT2D eigenvalue weighted by atomic mass is 10.1. The zero-order chi connectivity index (χ0) is 17.4. The molecule has 5 nitrogen and oxygen atoms in total. The predicted molar refractivity (Wildman–Crippen MR) is 101 cm³/mol. The lowest BCUT2D eigenvalue weighted by Crippen LogP contribution is -2.35. The molecular weight excluding hydrogens is 314 g/mol. The Kier molecular flexibility index (Phi) is 3.54. The van der Waals surface area contributed by atoms with Crippen molar-refractivity contribution in [3.05, 3.63) is 86.8 Å². The van der Waals surface area contributed by atoms with Gasteiger partial charge in [-0.3, -0.25) is 14.6 Å². The van der Waals surface area contributed by atoms with Crippen LogP contribution in [0, 0.1) is 6.92 Å². The van der Waals surface area contributed by atoms with Crippen LogP contribution in [0.1, 0.15) is 5.56 Å². The quantitative estimate of drug-likeness (QED) is 0.560. The molecule has 0 atom stereocenters. The minimum absolute atomic E-state index is 0.287. The average Bonchev–Trinajstić information content (AvgIpc) is 2.64. The first-order chi connectivity index (χ1) is 12.1. The topological polar surface area (TPSA) is 71.1 Å². The summed E-state index contributed by atoms with van der Waals surface area (Å²) < 4.78 is 0. The molecule has 0 unspecified atom stereocenters. The molecule has 3 aromatic carbocycles. The zero-order valence-electron chi connectivity index (χ0n) is 13.5. The van der Waals surface area contributed by atoms with Gasteiger partial charge in [0, 0.05) is 23.0 Å². The zero-order valence-corrected chi connectivity index (χ0v) is 13.5. The third-order valence-electron chi connectivity index (χ3n) is 4.07. The molecule has 0 aliphatic rings. The van der Waals surface area contributed by atoms with Crippen molar-refractivity contribution in [2.24, 2.45) is 0 Å². The van der Waals surface area contributed by atoms with Gasteiger partial charge in [-0.05, 0) is 48.9 Å². The summed E-state index contributed by atoms with van der Waals surface area (Å²) in [6.45, 7) is 1.97. The van der Waals surface area contributed by atoms with Crippen LogP contribution in [0.5, 0.6) is 0 Å². The molecule has 122 valence electrons. The van der Waals surface area contributed by atoms with E-state index >= 15 is 0 Å². The van der Waals surface area contributed by atoms with Gasteiger partial charge in [-0.2, -0.15) is 0 Å². The number of fused-ring (bicyclic) bond motifs is 1. The molecule has 1 heterocycles. The van der Waals surface area contributed by atoms with Crippen molar-refractivity contribution in [2.75, 3.05) is 10.6 Å². The van der Waals surface area contributed by atoms with Crippen molar-refractivity contribution in [3.8, 4) is 0 Å². The molecule has 0 saturated heterocycles. The number of rotatable bonds is 4. The summed E-state index contributed by atoms with van der Waals surface area (Å²) >= 11 is 0. The van der Waals surface area contributed by atoms with E-state index in [1.54, 1.807) is 6.20 Å². The van der Waals surface area contributed by atoms with Crippen LogP contribution in [0.4, 0.5) is 22.7 Å². The smallest absolute Gasteiger partial charge is 0.253 e. The van der Waals surface area contributed by atoms with Gasteiger partial charge in [-0.1, -0.05) is 18.2 Å². The molecule has 0 saturated carbocycles. The fraction of sp³-hybridized carbons (Fsp3) is 0.0500. The number of hydrogen-bond acceptors (Lipinski definition) is 5. The summed E-state index contributed by atoms with van der Waals surface area (Å²) in [5, 5.41) is 7.05. The highest BCUT2D eigenvalue weighted by atomic mass is 16.2. The molecule has 25 heavy (non-hydrogen) atoms. The minimum atomic E-state index is -0.513. The highest BCUT2D eigenvalue weighted by Gasteiger charge is 2.21. The summed E-state index contributed by atoms with van der Waals surface area (Å²) in [6.07, 6.45) is 1.73. The van der Waals surface area contributed by atoms with Crippen molar-refractivity contribution in [2.45, 2.75) is 6.92 Å². The molecule has 5 heteroatoms. The van der Waals surface area contributed by atoms with E-state index in [1.165, 1.54) is 0 Å². The number of nitrogens with one attached hydrogen (secondary N) is 2. The molecular formula is C20H15N3O2. The van der Waals surface area contributed by atoms with Crippen LogP contribution >= 0.6 is 0 Å². The standard InChI is InChI=1S/C20H15N3O2/c1-12-4-2-6-14(10-12)22-17-18(20(25)19(17)24)23-15-7-8-16-13(11-15)5-3-9-21-16/h2-11,22-23H,1H3. The number of aromatic nitrogens is 1. The minimum Gasteiger partial charge on any atom is -0.350 e. The van der Waals surface area contributed by atoms with Gasteiger partial charge in [0.25, 0.3) is 10.9 Å². The second kappa shape index (κ2) is 5.87. The Morgan fingerprint density at radius 2 is 1.52 bits per heavy atom. The Bertz CT molecular complexity index is 1160. The lowest BCUT2D eigenvalue weighted by molar-refractivity contribution is 1.35. The average molecular weight is 329 g/mol. The third-order valence-corrected chi connectivity index (χ3v) is 4.07. The Labute approximate surface area is 143 Å². The van der Waals surface area contributed by atoms with Gasteiger partial charge in [0.1, 0.15) is 11.4 Å². The number of pyridine rings is 1. The molecule has 4 aromatic rings. The second-order valence-corrected chi connectivity index (χ2v) is 5.94. The number of aryl methyl sites for hydroxylation is 1. The summed E-state index contributed by atoms with van der Waals surface area (Å²) in [7, 11) is 0. The molecule has 4 rings (SSSR count). The molecule has 0 amide bonds. The van der Waals surface area contributed by atoms with Crippen molar-refractivity contribution >= 4 is 33.7 Å². The lowest BCUT2D eigenvalue weighted by Gasteiger charge is -2.15. The summed E-state index contributed by atoms with van der Waals surface area (Å²) in [4.78, 5) is 28.2. The van der Waals surface area contributed by atoms with Crippen molar-refractivity contribution in [3.63, 3.8) is 0 Å². The maximum absolute atomic E-state index is 12.0. The first-order valence-electron chi connectivity index (χ1n) is 7.90. The van der Waals surface area contributed by atoms with Crippen LogP contribution in [0.3, 0.4) is 0 Å². The second-order valence-electron chi connectivity index (χ2n) is 5.94. The third kappa shape index (κ3) is 2.76. The first-order valence-corrected chi connectivity index (χ1v) is 7.90. The number of hydrogen-bond donors (Lipinski definition) is 2. The van der Waals surface area contributed by atoms with Gasteiger partial charge in [-0.25, -0.2) is 0 Å². The van der Waals surface area contributed by atoms with Crippen molar-refractivity contribution < 1.29 is 0 Å². The van der Waals surface area contributed by atoms with Crippen LogP contribution in [-0.4, -0.2) is 4.98 Å². The van der Waals surface area contributed by atoms with Crippen LogP contribution < -0.4 is 21.5 Å². The van der Waals surface area contributed by atoms with E-state index in [0.29, 0.717) is 5.69 Å². The fourth-order valence-corrected chi connectivity index (χ4v) is 2.80. The van der Waals surface area contributed by atoms with E-state index in [-0.39, 0.29) is 5.69 Å². The molecule has 2 N–H and O–H groups in total. The molecule has 0 spiro atoms. The SMILES string of the molecule is Cc1cccc(Nc2c(Nc3ccc4ncccc4c3)c(=O)c2=O)c1. The summed E-state index contributed by atoms with van der Waals surface area (Å²) in [5.74, 6) is 0. The van der Waals surface area contributed by atoms with Crippen LogP contribution in [-0.2, 0) is 0 Å². The number of anilines is 4. The van der Waals surface area contributed by atoms with Crippen LogP contribution in [0.25, 0.3) is 10.9 Å². The highest BCUT2D eigenvalue weighted by Crippen LogP contribution is 2.26. The maximum Gasteiger partial charge on any atom is 0.253 e. The van der Waals surface area contributed by atoms with Crippen LogP contribution in [0.15, 0.2) is 70.4 Å². The largest absolute Gasteiger partial charge is 0.350 e. The molecule has 0 bridgehead atoms. The highest BCUT2D eigenvalue weighted by molar-refractivity contribution is 5.87. The van der Waals surface area contributed by atoms with E-state index in [9.17, 15) is 9.59 Å². The van der Waals surface area contributed by atoms with E-state index in [0.717, 1.165) is 27.8 Å². The van der Waals surface area contributed by atoms with E-state index < -0.39 is 10.9 Å². The monoisotopic (exact) mass is 329 g/mol. The van der Waals surface area contributed by atoms with E-state index in [1.807, 2.05) is 61.5 Å². The van der Waals surface area contributed by atoms with Crippen molar-refractivity contribution in [1.29, 1.82) is 0 Å². The van der Waals surface area contributed by atoms with Gasteiger partial charge in [-0.15, -0.1) is 0 Å². The van der Waals surface area contributed by atoms with E-state index in [4.69, 9.17) is 0 Å². The number of nitrogens with zero attached hydrogens (tertiary/aromatic N) is 1. The Morgan fingerprint density at radius 1 is 0.800 bits per heavy atom. The van der Waals surface area contributed by atoms with Gasteiger partial charge in [0.2, 0.25) is 0 Å². The summed E-state index contributed by atoms with van der Waals surface area (Å²) in [5.41, 5.74) is 3.01. The molecule has 1 aromatic heterocycles. The van der Waals surface area contributed by atoms with Gasteiger partial charge < -0.3 is 10.6 Å². The van der Waals surface area contributed by atoms with Gasteiger partial charge in [0.15, 0.2) is 0 Å². The molecule has 0 aliphatic heterocycles. The molecule has 0 aliphatic carbocycles. The maximum atomic E-state index is 12.0. The molecule has 0 radical (unpaired) electrons. The van der Waals surface area contributed by atoms with Crippen LogP contribution in [0.2, 0.25) is 0 Å². The Balaban J connectivity index is 1.65. The van der Waals surface area contributed by atoms with E-state index in [2.05, 4.69) is 15.6 Å². The molecule has 0 fully saturated rings. The first kappa shape index (κ1) is 15.1. The Hall–Kier alpha value is -3.47. The predicted octanol–water partition coefficient (Wildman–Crippen LogP) is 3.63. The summed E-state index contributed by atoms with van der Waals surface area (Å²) in [6, 6.07) is 17.0. The van der Waals surface area contributed by atoms with Gasteiger partial charge >= 0.3 is 0 Å². The number of benzene rings is 2. The van der Waals surface area contributed by atoms with Gasteiger partial charge in [0.05, 0.1) is 5.52 Å². The van der Waals surface area contributed by atoms with Crippen molar-refractivity contribution in [1.82, 2.24) is 4.98 Å². The Morgan fingerprint density at radius 3 is 2.24 bits per heavy atom. The fourth-order valence-electron chi connectivity index (χ4n) is 2.80. The normalized spacial score (nSPS) is 10.9.